The van der Waals surface area contributed by atoms with E-state index in [9.17, 15) is 0 Å². The molecule has 0 radical (unpaired) electrons. The topological polar surface area (TPSA) is 33.6 Å². The highest BCUT2D eigenvalue weighted by atomic mass is 16.5. The number of nitrogens with one attached hydrogen (secondary N) is 1. The molecule has 0 heterocycles. The SMILES string of the molecule is C=CCC.C=CN=C(C/C(=C\C)CC)C(=C)NCC12CCC(C(=C)OC)(CC1)CC2.CC.CC. The zero-order valence-electron chi connectivity index (χ0n) is 24.0. The number of fused-ring (bicyclic) bond motifs is 3. The molecule has 3 fully saturated rings. The molecule has 3 aliphatic carbocycles. The van der Waals surface area contributed by atoms with Gasteiger partial charge < -0.3 is 10.1 Å². The Morgan fingerprint density at radius 2 is 1.47 bits per heavy atom. The predicted octanol–water partition coefficient (Wildman–Crippen LogP) is 9.56. The van der Waals surface area contributed by atoms with Crippen LogP contribution in [-0.2, 0) is 4.74 Å². The van der Waals surface area contributed by atoms with Crippen LogP contribution in [0.3, 0.4) is 0 Å². The van der Waals surface area contributed by atoms with Gasteiger partial charge in [-0.2, -0.15) is 0 Å². The van der Waals surface area contributed by atoms with Crippen molar-refractivity contribution >= 4 is 5.71 Å². The molecule has 0 atom stereocenters. The van der Waals surface area contributed by atoms with Crippen LogP contribution in [0.25, 0.3) is 0 Å². The van der Waals surface area contributed by atoms with Gasteiger partial charge in [0.05, 0.1) is 18.6 Å². The number of rotatable bonds is 11. The molecule has 3 heteroatoms. The van der Waals surface area contributed by atoms with Crippen molar-refractivity contribution in [3.63, 3.8) is 0 Å². The first-order valence-corrected chi connectivity index (χ1v) is 13.4. The molecule has 3 aliphatic rings. The molecular formula is C31H56N2O. The maximum atomic E-state index is 5.50. The Bertz CT molecular complexity index is 644. The lowest BCUT2D eigenvalue weighted by atomic mass is 9.53. The fourth-order valence-corrected chi connectivity index (χ4v) is 4.55. The van der Waals surface area contributed by atoms with Gasteiger partial charge in [-0.25, -0.2) is 0 Å². The highest BCUT2D eigenvalue weighted by Crippen LogP contribution is 2.59. The molecule has 3 rings (SSSR count). The number of methoxy groups -OCH3 is 1. The van der Waals surface area contributed by atoms with Crippen LogP contribution in [0, 0.1) is 10.8 Å². The van der Waals surface area contributed by atoms with Crippen molar-refractivity contribution in [3.05, 3.63) is 61.7 Å². The largest absolute Gasteiger partial charge is 0.501 e. The van der Waals surface area contributed by atoms with Gasteiger partial charge in [-0.05, 0) is 63.7 Å². The van der Waals surface area contributed by atoms with Gasteiger partial charge in [-0.15, -0.1) is 6.58 Å². The summed E-state index contributed by atoms with van der Waals surface area (Å²) in [6, 6.07) is 0. The zero-order chi connectivity index (χ0) is 26.6. The number of ether oxygens (including phenoxy) is 1. The van der Waals surface area contributed by atoms with Crippen LogP contribution < -0.4 is 5.32 Å². The molecule has 0 saturated heterocycles. The summed E-state index contributed by atoms with van der Waals surface area (Å²) >= 11 is 0. The normalized spacial score (nSPS) is 22.9. The number of allylic oxidation sites excluding steroid dienone is 5. The van der Waals surface area contributed by atoms with Gasteiger partial charge in [0.15, 0.2) is 0 Å². The van der Waals surface area contributed by atoms with E-state index < -0.39 is 0 Å². The number of aliphatic imine (C=N–C) groups is 1. The van der Waals surface area contributed by atoms with Crippen molar-refractivity contribution in [2.75, 3.05) is 13.7 Å². The summed E-state index contributed by atoms with van der Waals surface area (Å²) in [7, 11) is 1.76. The van der Waals surface area contributed by atoms with E-state index in [1.807, 2.05) is 33.8 Å². The molecule has 0 aromatic rings. The fraction of sp³-hybridized carbons (Fsp3) is 0.645. The smallest absolute Gasteiger partial charge is 0.0945 e. The molecule has 0 aromatic carbocycles. The molecule has 0 aliphatic heterocycles. The van der Waals surface area contributed by atoms with Crippen molar-refractivity contribution in [1.29, 1.82) is 0 Å². The van der Waals surface area contributed by atoms with Crippen LogP contribution in [0.2, 0.25) is 0 Å². The van der Waals surface area contributed by atoms with E-state index in [1.165, 1.54) is 44.1 Å². The minimum atomic E-state index is 0.227. The Hall–Kier alpha value is -2.03. The summed E-state index contributed by atoms with van der Waals surface area (Å²) in [5.41, 5.74) is 3.93. The fourth-order valence-electron chi connectivity index (χ4n) is 4.55. The second-order valence-electron chi connectivity index (χ2n) is 8.67. The van der Waals surface area contributed by atoms with Crippen LogP contribution in [0.4, 0.5) is 0 Å². The molecule has 3 saturated carbocycles. The quantitative estimate of drug-likeness (QED) is 0.184. The molecule has 2 bridgehead atoms. The van der Waals surface area contributed by atoms with Gasteiger partial charge in [-0.1, -0.05) is 79.0 Å². The summed E-state index contributed by atoms with van der Waals surface area (Å²) in [6.45, 7) is 31.0. The minimum Gasteiger partial charge on any atom is -0.501 e. The first kappa shape index (κ1) is 34.1. The lowest BCUT2D eigenvalue weighted by Crippen LogP contribution is -2.47. The van der Waals surface area contributed by atoms with Gasteiger partial charge >= 0.3 is 0 Å². The molecule has 0 spiro atoms. The van der Waals surface area contributed by atoms with Gasteiger partial charge in [0.1, 0.15) is 0 Å². The highest BCUT2D eigenvalue weighted by molar-refractivity contribution is 6.00. The van der Waals surface area contributed by atoms with Gasteiger partial charge in [0, 0.05) is 30.3 Å². The summed E-state index contributed by atoms with van der Waals surface area (Å²) in [5.74, 6) is 0.988. The van der Waals surface area contributed by atoms with Crippen LogP contribution in [0.1, 0.15) is 106 Å². The van der Waals surface area contributed by atoms with E-state index >= 15 is 0 Å². The average Bonchev–Trinajstić information content (AvgIpc) is 2.92. The van der Waals surface area contributed by atoms with Crippen LogP contribution in [0.15, 0.2) is 66.7 Å². The van der Waals surface area contributed by atoms with E-state index in [0.717, 1.165) is 43.0 Å². The minimum absolute atomic E-state index is 0.227. The zero-order valence-corrected chi connectivity index (χ0v) is 24.0. The molecule has 34 heavy (non-hydrogen) atoms. The molecule has 0 aromatic heterocycles. The highest BCUT2D eigenvalue weighted by Gasteiger charge is 2.50. The Morgan fingerprint density at radius 3 is 1.82 bits per heavy atom. The van der Waals surface area contributed by atoms with Gasteiger partial charge in [0.25, 0.3) is 0 Å². The third-order valence-corrected chi connectivity index (χ3v) is 7.06. The first-order valence-electron chi connectivity index (χ1n) is 13.4. The van der Waals surface area contributed by atoms with Crippen molar-refractivity contribution in [2.45, 2.75) is 106 Å². The third kappa shape index (κ3) is 10.5. The van der Waals surface area contributed by atoms with E-state index in [0.29, 0.717) is 5.41 Å². The van der Waals surface area contributed by atoms with Gasteiger partial charge in [-0.3, -0.25) is 4.99 Å². The maximum absolute atomic E-state index is 5.50. The average molecular weight is 473 g/mol. The number of nitrogens with zero attached hydrogens (tertiary/aromatic N) is 1. The summed E-state index contributed by atoms with van der Waals surface area (Å²) in [5, 5.41) is 3.61. The van der Waals surface area contributed by atoms with E-state index in [-0.39, 0.29) is 5.41 Å². The molecule has 1 N–H and O–H groups in total. The van der Waals surface area contributed by atoms with Gasteiger partial charge in [0.2, 0.25) is 0 Å². The van der Waals surface area contributed by atoms with Crippen LogP contribution >= 0.6 is 0 Å². The molecular weight excluding hydrogens is 416 g/mol. The lowest BCUT2D eigenvalue weighted by Gasteiger charge is -2.53. The van der Waals surface area contributed by atoms with Crippen molar-refractivity contribution in [3.8, 4) is 0 Å². The Kier molecular flexibility index (Phi) is 19.4. The maximum Gasteiger partial charge on any atom is 0.0945 e. The monoisotopic (exact) mass is 472 g/mol. The van der Waals surface area contributed by atoms with E-state index in [2.05, 4.69) is 63.5 Å². The van der Waals surface area contributed by atoms with Crippen molar-refractivity contribution in [1.82, 2.24) is 5.32 Å². The molecule has 0 unspecified atom stereocenters. The Labute approximate surface area is 213 Å². The Balaban J connectivity index is 0. The van der Waals surface area contributed by atoms with Crippen molar-refractivity contribution < 1.29 is 4.74 Å². The lowest BCUT2D eigenvalue weighted by molar-refractivity contribution is -0.0130. The molecule has 0 amide bonds. The number of hydrogen-bond donors (Lipinski definition) is 1. The summed E-state index contributed by atoms with van der Waals surface area (Å²) < 4.78 is 5.50. The van der Waals surface area contributed by atoms with Crippen LogP contribution in [-0.4, -0.2) is 19.4 Å². The van der Waals surface area contributed by atoms with E-state index in [1.54, 1.807) is 13.3 Å². The second-order valence-corrected chi connectivity index (χ2v) is 8.67. The molecule has 196 valence electrons. The third-order valence-electron chi connectivity index (χ3n) is 7.06. The summed E-state index contributed by atoms with van der Waals surface area (Å²) in [4.78, 5) is 4.48. The standard InChI is InChI=1S/C23H36N2O.C4H8.2C2H6/c1-7-20(8-2)16-21(24-9-3)18(4)25-17-22-10-13-23(14-11-22,15-12-22)19(5)26-6;1-3-4-2;2*1-2/h7,9,25H,3-5,8,10-17H2,1-2,6H3;3H,1,4H2,2H3;2*1-2H3/b20-7-,24-21?;;;. The van der Waals surface area contributed by atoms with E-state index in [4.69, 9.17) is 4.74 Å². The number of hydrogen-bond acceptors (Lipinski definition) is 3. The second kappa shape index (κ2) is 19.3. The Morgan fingerprint density at radius 1 is 0.971 bits per heavy atom. The first-order chi connectivity index (χ1) is 16.4. The summed E-state index contributed by atoms with van der Waals surface area (Å²) in [6.07, 6.45) is 15.9. The molecule has 3 nitrogen and oxygen atoms in total. The predicted molar refractivity (Wildman–Crippen MR) is 155 cm³/mol. The van der Waals surface area contributed by atoms with Crippen molar-refractivity contribution in [2.24, 2.45) is 15.8 Å². The van der Waals surface area contributed by atoms with Crippen LogP contribution in [0.5, 0.6) is 0 Å².